The van der Waals surface area contributed by atoms with E-state index in [1.165, 1.54) is 0 Å². The number of hydrogen-bond donors (Lipinski definition) is 3. The summed E-state index contributed by atoms with van der Waals surface area (Å²) in [6.07, 6.45) is -0.649. The SMILES string of the molecule is CNCCOc1ccc2c(c1)O[C@]1(c3ccc(Cl)cc3)[C@@H](c3ccccc3)C[C@H](O)[C@]21O. The maximum absolute atomic E-state index is 12.2. The predicted molar refractivity (Wildman–Crippen MR) is 123 cm³/mol. The lowest BCUT2D eigenvalue weighted by molar-refractivity contribution is -0.149. The van der Waals surface area contributed by atoms with E-state index in [9.17, 15) is 10.2 Å². The second kappa shape index (κ2) is 8.09. The van der Waals surface area contributed by atoms with E-state index in [1.54, 1.807) is 24.3 Å². The first-order chi connectivity index (χ1) is 15.5. The smallest absolute Gasteiger partial charge is 0.176 e. The summed E-state index contributed by atoms with van der Waals surface area (Å²) >= 11 is 6.17. The van der Waals surface area contributed by atoms with E-state index in [2.05, 4.69) is 5.32 Å². The van der Waals surface area contributed by atoms with Gasteiger partial charge in [-0.1, -0.05) is 54.1 Å². The van der Waals surface area contributed by atoms with Crippen LogP contribution in [-0.2, 0) is 11.2 Å². The number of benzene rings is 3. The Morgan fingerprint density at radius 3 is 2.56 bits per heavy atom. The van der Waals surface area contributed by atoms with Gasteiger partial charge in [-0.05, 0) is 48.9 Å². The van der Waals surface area contributed by atoms with Crippen LogP contribution in [-0.4, -0.2) is 36.5 Å². The van der Waals surface area contributed by atoms with Crippen molar-refractivity contribution < 1.29 is 19.7 Å². The molecule has 6 heteroatoms. The van der Waals surface area contributed by atoms with Gasteiger partial charge in [0.25, 0.3) is 0 Å². The number of aliphatic hydroxyl groups is 2. The van der Waals surface area contributed by atoms with Crippen molar-refractivity contribution >= 4 is 11.6 Å². The third-order valence-corrected chi connectivity index (χ3v) is 6.98. The van der Waals surface area contributed by atoms with Crippen LogP contribution < -0.4 is 14.8 Å². The number of fused-ring (bicyclic) bond motifs is 3. The Hall–Kier alpha value is -2.57. The number of rotatable bonds is 6. The fourth-order valence-corrected chi connectivity index (χ4v) is 5.40. The molecule has 0 unspecified atom stereocenters. The summed E-state index contributed by atoms with van der Waals surface area (Å²) < 4.78 is 12.5. The minimum atomic E-state index is -1.62. The number of likely N-dealkylation sites (N-methyl/N-ethyl adjacent to an activating group) is 1. The van der Waals surface area contributed by atoms with Crippen LogP contribution >= 0.6 is 11.6 Å². The zero-order valence-corrected chi connectivity index (χ0v) is 18.5. The van der Waals surface area contributed by atoms with Gasteiger partial charge < -0.3 is 25.0 Å². The fraction of sp³-hybridized carbons (Fsp3) is 0.308. The average molecular weight is 452 g/mol. The lowest BCUT2D eigenvalue weighted by Crippen LogP contribution is -2.51. The zero-order valence-electron chi connectivity index (χ0n) is 17.8. The van der Waals surface area contributed by atoms with Crippen molar-refractivity contribution in [3.8, 4) is 11.5 Å². The molecule has 3 aromatic rings. The highest BCUT2D eigenvalue weighted by atomic mass is 35.5. The summed E-state index contributed by atoms with van der Waals surface area (Å²) in [4.78, 5) is 0. The summed E-state index contributed by atoms with van der Waals surface area (Å²) in [6.45, 7) is 1.22. The molecule has 32 heavy (non-hydrogen) atoms. The number of ether oxygens (including phenoxy) is 2. The molecular weight excluding hydrogens is 426 g/mol. The molecular formula is C26H26ClNO4. The highest BCUT2D eigenvalue weighted by Crippen LogP contribution is 2.66. The van der Waals surface area contributed by atoms with Crippen molar-refractivity contribution in [2.75, 3.05) is 20.2 Å². The Labute approximate surface area is 192 Å². The lowest BCUT2D eigenvalue weighted by Gasteiger charge is -2.40. The van der Waals surface area contributed by atoms with E-state index < -0.39 is 17.3 Å². The van der Waals surface area contributed by atoms with Crippen LogP contribution in [0.15, 0.2) is 72.8 Å². The molecule has 0 spiro atoms. The first-order valence-corrected chi connectivity index (χ1v) is 11.2. The molecule has 4 atom stereocenters. The maximum Gasteiger partial charge on any atom is 0.176 e. The summed E-state index contributed by atoms with van der Waals surface area (Å²) in [5.41, 5.74) is -0.497. The highest BCUT2D eigenvalue weighted by molar-refractivity contribution is 6.30. The van der Waals surface area contributed by atoms with Gasteiger partial charge in [-0.3, -0.25) is 0 Å². The number of halogens is 1. The lowest BCUT2D eigenvalue weighted by atomic mass is 9.71. The molecule has 1 fully saturated rings. The van der Waals surface area contributed by atoms with Crippen LogP contribution in [0.2, 0.25) is 5.02 Å². The second-order valence-electron chi connectivity index (χ2n) is 8.44. The summed E-state index contributed by atoms with van der Waals surface area (Å²) in [5, 5.41) is 27.1. The van der Waals surface area contributed by atoms with E-state index in [1.807, 2.05) is 55.6 Å². The normalized spacial score (nSPS) is 28.1. The number of hydrogen-bond acceptors (Lipinski definition) is 5. The molecule has 5 rings (SSSR count). The molecule has 1 aliphatic heterocycles. The van der Waals surface area contributed by atoms with Crippen molar-refractivity contribution in [3.05, 3.63) is 94.5 Å². The van der Waals surface area contributed by atoms with E-state index in [0.717, 1.165) is 11.1 Å². The van der Waals surface area contributed by atoms with Gasteiger partial charge in [0.2, 0.25) is 0 Å². The Kier molecular flexibility index (Phi) is 5.38. The molecule has 0 radical (unpaired) electrons. The zero-order chi connectivity index (χ0) is 22.3. The highest BCUT2D eigenvalue weighted by Gasteiger charge is 2.72. The van der Waals surface area contributed by atoms with Gasteiger partial charge in [-0.2, -0.15) is 0 Å². The van der Waals surface area contributed by atoms with Gasteiger partial charge >= 0.3 is 0 Å². The van der Waals surface area contributed by atoms with Crippen molar-refractivity contribution in [3.63, 3.8) is 0 Å². The summed E-state index contributed by atoms with van der Waals surface area (Å²) in [6, 6.07) is 22.6. The predicted octanol–water partition coefficient (Wildman–Crippen LogP) is 3.96. The first kappa shape index (κ1) is 21.3. The third-order valence-electron chi connectivity index (χ3n) is 6.73. The van der Waals surface area contributed by atoms with Gasteiger partial charge in [-0.25, -0.2) is 0 Å². The second-order valence-corrected chi connectivity index (χ2v) is 8.87. The number of nitrogens with one attached hydrogen (secondary N) is 1. The molecule has 1 saturated carbocycles. The van der Waals surface area contributed by atoms with E-state index in [-0.39, 0.29) is 5.92 Å². The molecule has 5 nitrogen and oxygen atoms in total. The molecule has 0 bridgehead atoms. The van der Waals surface area contributed by atoms with Crippen molar-refractivity contribution in [1.29, 1.82) is 0 Å². The molecule has 3 N–H and O–H groups in total. The molecule has 0 amide bonds. The molecule has 1 aliphatic carbocycles. The topological polar surface area (TPSA) is 71.0 Å². The summed E-state index contributed by atoms with van der Waals surface area (Å²) in [5.74, 6) is 0.898. The Morgan fingerprint density at radius 1 is 1.09 bits per heavy atom. The molecule has 1 heterocycles. The van der Waals surface area contributed by atoms with Crippen LogP contribution in [0.25, 0.3) is 0 Å². The van der Waals surface area contributed by atoms with Crippen LogP contribution in [0.1, 0.15) is 29.0 Å². The van der Waals surface area contributed by atoms with Gasteiger partial charge in [-0.15, -0.1) is 0 Å². The van der Waals surface area contributed by atoms with Gasteiger partial charge in [0, 0.05) is 29.1 Å². The van der Waals surface area contributed by atoms with Crippen LogP contribution in [0, 0.1) is 0 Å². The van der Waals surface area contributed by atoms with Crippen molar-refractivity contribution in [2.24, 2.45) is 0 Å². The monoisotopic (exact) mass is 451 g/mol. The molecule has 3 aromatic carbocycles. The largest absolute Gasteiger partial charge is 0.492 e. The van der Waals surface area contributed by atoms with Gasteiger partial charge in [0.15, 0.2) is 11.2 Å². The van der Waals surface area contributed by atoms with Crippen LogP contribution in [0.3, 0.4) is 0 Å². The van der Waals surface area contributed by atoms with Crippen molar-refractivity contribution in [1.82, 2.24) is 5.32 Å². The van der Waals surface area contributed by atoms with Crippen LogP contribution in [0.4, 0.5) is 0 Å². The quantitative estimate of drug-likeness (QED) is 0.495. The first-order valence-electron chi connectivity index (χ1n) is 10.8. The Morgan fingerprint density at radius 2 is 1.84 bits per heavy atom. The summed E-state index contributed by atoms with van der Waals surface area (Å²) in [7, 11) is 1.87. The molecule has 2 aliphatic rings. The van der Waals surface area contributed by atoms with Gasteiger partial charge in [0.1, 0.15) is 18.1 Å². The Bertz CT molecular complexity index is 1110. The molecule has 0 aromatic heterocycles. The van der Waals surface area contributed by atoms with E-state index >= 15 is 0 Å². The van der Waals surface area contributed by atoms with Crippen LogP contribution in [0.5, 0.6) is 11.5 Å². The number of aliphatic hydroxyl groups excluding tert-OH is 1. The minimum absolute atomic E-state index is 0.272. The van der Waals surface area contributed by atoms with E-state index in [4.69, 9.17) is 21.1 Å². The Balaban J connectivity index is 1.67. The fourth-order valence-electron chi connectivity index (χ4n) is 5.27. The standard InChI is InChI=1S/C26H26ClNO4/c1-28-13-14-31-20-11-12-21-23(15-20)32-26(18-7-9-19(27)10-8-18)22(16-24(29)25(21,26)30)17-5-3-2-4-6-17/h2-12,15,22,24,28-30H,13-14,16H2,1H3/t22-,24+,25-,26-/m1/s1. The average Bonchev–Trinajstić information content (AvgIpc) is 3.20. The molecule has 166 valence electrons. The van der Waals surface area contributed by atoms with E-state index in [0.29, 0.717) is 41.7 Å². The maximum atomic E-state index is 12.2. The van der Waals surface area contributed by atoms with Crippen molar-refractivity contribution in [2.45, 2.75) is 29.6 Å². The third kappa shape index (κ3) is 3.04. The van der Waals surface area contributed by atoms with Gasteiger partial charge in [0.05, 0.1) is 6.10 Å². The molecule has 0 saturated heterocycles. The minimum Gasteiger partial charge on any atom is -0.492 e.